The Bertz CT molecular complexity index is 1120. The topological polar surface area (TPSA) is 73.5 Å². The number of amides is 3. The van der Waals surface area contributed by atoms with E-state index in [9.17, 15) is 9.59 Å². The van der Waals surface area contributed by atoms with Crippen molar-refractivity contribution in [3.63, 3.8) is 0 Å². The highest BCUT2D eigenvalue weighted by molar-refractivity contribution is 6.04. The van der Waals surface area contributed by atoms with Crippen molar-refractivity contribution in [2.45, 2.75) is 39.0 Å². The van der Waals surface area contributed by atoms with E-state index >= 15 is 0 Å². The van der Waals surface area contributed by atoms with Crippen molar-refractivity contribution < 1.29 is 9.59 Å². The molecule has 3 aromatic carbocycles. The first-order valence-corrected chi connectivity index (χ1v) is 12.5. The van der Waals surface area contributed by atoms with Crippen molar-refractivity contribution in [3.05, 3.63) is 89.5 Å². The van der Waals surface area contributed by atoms with Crippen LogP contribution < -0.4 is 20.9 Å². The fraction of sp³-hybridized carbons (Fsp3) is 0.310. The molecule has 0 bridgehead atoms. The summed E-state index contributed by atoms with van der Waals surface area (Å²) in [5, 5.41) is 8.80. The van der Waals surface area contributed by atoms with Gasteiger partial charge in [-0.3, -0.25) is 4.79 Å². The van der Waals surface area contributed by atoms with E-state index in [0.717, 1.165) is 50.1 Å². The zero-order valence-corrected chi connectivity index (χ0v) is 20.3. The number of urea groups is 1. The molecule has 35 heavy (non-hydrogen) atoms. The fourth-order valence-electron chi connectivity index (χ4n) is 4.38. The van der Waals surface area contributed by atoms with E-state index in [1.54, 1.807) is 6.07 Å². The summed E-state index contributed by atoms with van der Waals surface area (Å²) in [5.41, 5.74) is 5.22. The third kappa shape index (κ3) is 6.85. The number of benzene rings is 3. The smallest absolute Gasteiger partial charge is 0.323 e. The van der Waals surface area contributed by atoms with Crippen LogP contribution >= 0.6 is 0 Å². The lowest BCUT2D eigenvalue weighted by molar-refractivity contribution is 0.0954. The molecule has 0 unspecified atom stereocenters. The van der Waals surface area contributed by atoms with E-state index in [1.165, 1.54) is 17.5 Å². The van der Waals surface area contributed by atoms with Crippen LogP contribution in [0.3, 0.4) is 0 Å². The van der Waals surface area contributed by atoms with E-state index in [0.29, 0.717) is 17.8 Å². The van der Waals surface area contributed by atoms with Gasteiger partial charge in [0.15, 0.2) is 0 Å². The maximum absolute atomic E-state index is 13.2. The van der Waals surface area contributed by atoms with E-state index in [4.69, 9.17) is 0 Å². The Balaban J connectivity index is 1.46. The van der Waals surface area contributed by atoms with E-state index in [2.05, 4.69) is 39.9 Å². The first kappa shape index (κ1) is 24.3. The number of piperidine rings is 1. The Labute approximate surface area is 207 Å². The molecule has 1 aliphatic rings. The average molecular weight is 471 g/mol. The largest absolute Gasteiger partial charge is 0.371 e. The van der Waals surface area contributed by atoms with Gasteiger partial charge in [-0.25, -0.2) is 4.79 Å². The van der Waals surface area contributed by atoms with Gasteiger partial charge in [0.2, 0.25) is 0 Å². The van der Waals surface area contributed by atoms with Crippen LogP contribution in [0.25, 0.3) is 0 Å². The Hall–Kier alpha value is -3.80. The van der Waals surface area contributed by atoms with Gasteiger partial charge in [0, 0.05) is 36.7 Å². The second-order valence-electron chi connectivity index (χ2n) is 8.90. The number of nitrogens with zero attached hydrogens (tertiary/aromatic N) is 1. The molecule has 3 aromatic rings. The van der Waals surface area contributed by atoms with Gasteiger partial charge in [-0.15, -0.1) is 0 Å². The predicted molar refractivity (Wildman–Crippen MR) is 143 cm³/mol. The number of anilines is 3. The van der Waals surface area contributed by atoms with Crippen LogP contribution in [-0.2, 0) is 12.8 Å². The highest BCUT2D eigenvalue weighted by Crippen LogP contribution is 2.27. The molecule has 0 aromatic heterocycles. The van der Waals surface area contributed by atoms with Crippen molar-refractivity contribution in [2.24, 2.45) is 0 Å². The third-order valence-corrected chi connectivity index (χ3v) is 6.36. The molecule has 182 valence electrons. The molecule has 0 atom stereocenters. The molecule has 0 aliphatic carbocycles. The second kappa shape index (κ2) is 12.1. The minimum absolute atomic E-state index is 0.124. The monoisotopic (exact) mass is 470 g/mol. The first-order chi connectivity index (χ1) is 17.1. The lowest BCUT2D eigenvalue weighted by atomic mass is 10.1. The molecule has 1 saturated heterocycles. The lowest BCUT2D eigenvalue weighted by Crippen LogP contribution is -2.33. The van der Waals surface area contributed by atoms with Gasteiger partial charge in [-0.1, -0.05) is 49.4 Å². The average Bonchev–Trinajstić information content (AvgIpc) is 2.90. The van der Waals surface area contributed by atoms with Gasteiger partial charge in [-0.2, -0.15) is 0 Å². The Morgan fingerprint density at radius 1 is 0.800 bits per heavy atom. The molecule has 1 heterocycles. The van der Waals surface area contributed by atoms with Crippen molar-refractivity contribution in [2.75, 3.05) is 35.2 Å². The van der Waals surface area contributed by atoms with Crippen LogP contribution in [-0.4, -0.2) is 31.6 Å². The zero-order chi connectivity index (χ0) is 24.5. The molecular formula is C29H34N4O2. The van der Waals surface area contributed by atoms with Crippen molar-refractivity contribution >= 4 is 29.0 Å². The molecule has 0 radical (unpaired) electrons. The summed E-state index contributed by atoms with van der Waals surface area (Å²) >= 11 is 0. The van der Waals surface area contributed by atoms with E-state index in [-0.39, 0.29) is 11.9 Å². The first-order valence-electron chi connectivity index (χ1n) is 12.5. The normalized spacial score (nSPS) is 13.2. The highest BCUT2D eigenvalue weighted by Gasteiger charge is 2.19. The third-order valence-electron chi connectivity index (χ3n) is 6.36. The summed E-state index contributed by atoms with van der Waals surface area (Å²) in [7, 11) is 0. The standard InChI is InChI=1S/C29H34N4O2/c1-2-22-11-13-24(14-12-22)31-29(35)32-25-15-16-27(33-19-7-4-8-20-33)26(21-25)28(34)30-18-17-23-9-5-3-6-10-23/h3,5-6,9-16,21H,2,4,7-8,17-20H2,1H3,(H,30,34)(H2,31,32,35). The molecule has 0 saturated carbocycles. The number of hydrogen-bond donors (Lipinski definition) is 3. The van der Waals surface area contributed by atoms with Crippen LogP contribution in [0.1, 0.15) is 47.7 Å². The fourth-order valence-corrected chi connectivity index (χ4v) is 4.38. The minimum atomic E-state index is -0.338. The summed E-state index contributed by atoms with van der Waals surface area (Å²) in [5.74, 6) is -0.124. The molecule has 0 spiro atoms. The van der Waals surface area contributed by atoms with Gasteiger partial charge in [0.25, 0.3) is 5.91 Å². The second-order valence-corrected chi connectivity index (χ2v) is 8.90. The number of hydrogen-bond acceptors (Lipinski definition) is 3. The van der Waals surface area contributed by atoms with Gasteiger partial charge < -0.3 is 20.9 Å². The van der Waals surface area contributed by atoms with Crippen molar-refractivity contribution in [1.82, 2.24) is 5.32 Å². The molecule has 6 nitrogen and oxygen atoms in total. The Morgan fingerprint density at radius 3 is 2.20 bits per heavy atom. The van der Waals surface area contributed by atoms with Crippen LogP contribution in [0.2, 0.25) is 0 Å². The SMILES string of the molecule is CCc1ccc(NC(=O)Nc2ccc(N3CCCCC3)c(C(=O)NCCc3ccccc3)c2)cc1. The lowest BCUT2D eigenvalue weighted by Gasteiger charge is -2.30. The number of carbonyl (C=O) groups is 2. The highest BCUT2D eigenvalue weighted by atomic mass is 16.2. The Morgan fingerprint density at radius 2 is 1.49 bits per heavy atom. The quantitative estimate of drug-likeness (QED) is 0.386. The number of nitrogens with one attached hydrogen (secondary N) is 3. The molecular weight excluding hydrogens is 436 g/mol. The van der Waals surface area contributed by atoms with E-state index in [1.807, 2.05) is 54.6 Å². The summed E-state index contributed by atoms with van der Waals surface area (Å²) in [6, 6.07) is 23.2. The molecule has 1 aliphatic heterocycles. The number of aryl methyl sites for hydroxylation is 1. The molecule has 1 fully saturated rings. The molecule has 3 amide bonds. The van der Waals surface area contributed by atoms with Gasteiger partial charge in [0.05, 0.1) is 5.56 Å². The molecule has 6 heteroatoms. The van der Waals surface area contributed by atoms with E-state index < -0.39 is 0 Å². The number of rotatable bonds is 8. The maximum atomic E-state index is 13.2. The Kier molecular flexibility index (Phi) is 8.39. The summed E-state index contributed by atoms with van der Waals surface area (Å²) < 4.78 is 0. The van der Waals surface area contributed by atoms with Gasteiger partial charge in [-0.05, 0) is 73.6 Å². The van der Waals surface area contributed by atoms with Gasteiger partial charge in [0.1, 0.15) is 0 Å². The predicted octanol–water partition coefficient (Wildman–Crippen LogP) is 5.86. The van der Waals surface area contributed by atoms with Crippen molar-refractivity contribution in [3.8, 4) is 0 Å². The van der Waals surface area contributed by atoms with Crippen LogP contribution in [0, 0.1) is 0 Å². The summed E-state index contributed by atoms with van der Waals surface area (Å²) in [4.78, 5) is 28.1. The van der Waals surface area contributed by atoms with Crippen molar-refractivity contribution in [1.29, 1.82) is 0 Å². The summed E-state index contributed by atoms with van der Waals surface area (Å²) in [6.45, 7) is 4.52. The van der Waals surface area contributed by atoms with Crippen LogP contribution in [0.5, 0.6) is 0 Å². The van der Waals surface area contributed by atoms with Crippen LogP contribution in [0.4, 0.5) is 21.9 Å². The zero-order valence-electron chi connectivity index (χ0n) is 20.3. The maximum Gasteiger partial charge on any atom is 0.323 e. The molecule has 4 rings (SSSR count). The van der Waals surface area contributed by atoms with Crippen LogP contribution in [0.15, 0.2) is 72.8 Å². The molecule has 3 N–H and O–H groups in total. The van der Waals surface area contributed by atoms with Gasteiger partial charge >= 0.3 is 6.03 Å². The summed E-state index contributed by atoms with van der Waals surface area (Å²) in [6.07, 6.45) is 5.17. The number of carbonyl (C=O) groups excluding carboxylic acids is 2. The minimum Gasteiger partial charge on any atom is -0.371 e.